The summed E-state index contributed by atoms with van der Waals surface area (Å²) in [6, 6.07) is 2.20. The summed E-state index contributed by atoms with van der Waals surface area (Å²) in [5.41, 5.74) is -0.313. The Hall–Kier alpha value is -1.37. The van der Waals surface area contributed by atoms with Crippen LogP contribution in [0.3, 0.4) is 0 Å². The van der Waals surface area contributed by atoms with Crippen molar-refractivity contribution in [2.45, 2.75) is 12.5 Å². The molecule has 0 aromatic heterocycles. The van der Waals surface area contributed by atoms with Crippen molar-refractivity contribution in [1.29, 1.82) is 0 Å². The quantitative estimate of drug-likeness (QED) is 0.670. The average Bonchev–Trinajstić information content (AvgIpc) is 2.78. The van der Waals surface area contributed by atoms with Crippen LogP contribution in [0.25, 0.3) is 0 Å². The minimum Gasteiger partial charge on any atom is -0.391 e. The predicted octanol–water partition coefficient (Wildman–Crippen LogP) is 2.11. The van der Waals surface area contributed by atoms with E-state index in [9.17, 15) is 20.0 Å². The molecule has 1 N–H and O–H groups in total. The molecule has 6 nitrogen and oxygen atoms in total. The molecule has 0 aliphatic carbocycles. The number of hydrogen-bond donors (Lipinski definition) is 1. The maximum Gasteiger partial charge on any atom is 0.271 e. The van der Waals surface area contributed by atoms with Crippen LogP contribution in [0.5, 0.6) is 0 Å². The van der Waals surface area contributed by atoms with Gasteiger partial charge in [-0.1, -0.05) is 23.2 Å². The Kier molecular flexibility index (Phi) is 3.93. The van der Waals surface area contributed by atoms with Gasteiger partial charge in [0, 0.05) is 25.2 Å². The van der Waals surface area contributed by atoms with Crippen LogP contribution in [0.1, 0.15) is 16.8 Å². The maximum atomic E-state index is 12.2. The van der Waals surface area contributed by atoms with Crippen LogP contribution < -0.4 is 0 Å². The Bertz CT molecular complexity index is 550. The van der Waals surface area contributed by atoms with E-state index in [4.69, 9.17) is 23.2 Å². The number of benzene rings is 1. The molecule has 0 radical (unpaired) electrons. The first kappa shape index (κ1) is 14.0. The summed E-state index contributed by atoms with van der Waals surface area (Å²) >= 11 is 11.7. The molecule has 8 heteroatoms. The Labute approximate surface area is 118 Å². The van der Waals surface area contributed by atoms with E-state index in [1.54, 1.807) is 0 Å². The number of aliphatic hydroxyl groups is 1. The molecule has 1 aromatic carbocycles. The van der Waals surface area contributed by atoms with Crippen molar-refractivity contribution < 1.29 is 14.8 Å². The highest BCUT2D eigenvalue weighted by Gasteiger charge is 2.28. The molecule has 1 heterocycles. The summed E-state index contributed by atoms with van der Waals surface area (Å²) in [5.74, 6) is -0.466. The summed E-state index contributed by atoms with van der Waals surface area (Å²) < 4.78 is 0. The second-order valence-electron chi connectivity index (χ2n) is 4.24. The number of nitro benzene ring substituents is 1. The monoisotopic (exact) mass is 304 g/mol. The van der Waals surface area contributed by atoms with Gasteiger partial charge < -0.3 is 10.0 Å². The molecule has 1 aromatic rings. The summed E-state index contributed by atoms with van der Waals surface area (Å²) in [6.07, 6.45) is -0.0941. The molecule has 0 bridgehead atoms. The first-order valence-electron chi connectivity index (χ1n) is 5.51. The van der Waals surface area contributed by atoms with Gasteiger partial charge in [-0.2, -0.15) is 0 Å². The molecule has 0 saturated carbocycles. The van der Waals surface area contributed by atoms with E-state index in [0.717, 1.165) is 12.1 Å². The first-order valence-corrected chi connectivity index (χ1v) is 6.26. The van der Waals surface area contributed by atoms with Crippen molar-refractivity contribution in [2.75, 3.05) is 13.1 Å². The zero-order chi connectivity index (χ0) is 14.2. The Morgan fingerprint density at radius 3 is 2.68 bits per heavy atom. The highest BCUT2D eigenvalue weighted by Crippen LogP contribution is 2.32. The fraction of sp³-hybridized carbons (Fsp3) is 0.364. The number of nitro groups is 1. The van der Waals surface area contributed by atoms with Gasteiger partial charge in [0.25, 0.3) is 11.6 Å². The lowest BCUT2D eigenvalue weighted by molar-refractivity contribution is -0.384. The number of carbonyl (C=O) groups excluding carboxylic acids is 1. The highest BCUT2D eigenvalue weighted by molar-refractivity contribution is 6.44. The molecular formula is C11H10Cl2N2O4. The summed E-state index contributed by atoms with van der Waals surface area (Å²) in [4.78, 5) is 23.7. The molecule has 19 heavy (non-hydrogen) atoms. The lowest BCUT2D eigenvalue weighted by atomic mass is 10.1. The van der Waals surface area contributed by atoms with E-state index in [1.165, 1.54) is 4.90 Å². The Morgan fingerprint density at radius 1 is 1.47 bits per heavy atom. The lowest BCUT2D eigenvalue weighted by Crippen LogP contribution is -2.29. The van der Waals surface area contributed by atoms with E-state index in [-0.39, 0.29) is 27.8 Å². The van der Waals surface area contributed by atoms with E-state index in [0.29, 0.717) is 13.0 Å². The van der Waals surface area contributed by atoms with Gasteiger partial charge in [0.2, 0.25) is 0 Å². The van der Waals surface area contributed by atoms with Crippen LogP contribution in [-0.4, -0.2) is 40.0 Å². The van der Waals surface area contributed by atoms with Crippen molar-refractivity contribution >= 4 is 34.8 Å². The van der Waals surface area contributed by atoms with Gasteiger partial charge in [0.1, 0.15) is 0 Å². The smallest absolute Gasteiger partial charge is 0.271 e. The van der Waals surface area contributed by atoms with Crippen LogP contribution in [0.4, 0.5) is 5.69 Å². The lowest BCUT2D eigenvalue weighted by Gasteiger charge is -2.16. The van der Waals surface area contributed by atoms with Gasteiger partial charge in [-0.3, -0.25) is 14.9 Å². The molecular weight excluding hydrogens is 295 g/mol. The molecule has 1 aliphatic heterocycles. The summed E-state index contributed by atoms with van der Waals surface area (Å²) in [6.45, 7) is 0.576. The highest BCUT2D eigenvalue weighted by atomic mass is 35.5. The van der Waals surface area contributed by atoms with Gasteiger partial charge in [0.05, 0.1) is 26.6 Å². The molecule has 1 fully saturated rings. The van der Waals surface area contributed by atoms with Crippen LogP contribution in [0.15, 0.2) is 12.1 Å². The molecule has 0 spiro atoms. The predicted molar refractivity (Wildman–Crippen MR) is 69.6 cm³/mol. The third-order valence-electron chi connectivity index (χ3n) is 2.90. The Morgan fingerprint density at radius 2 is 2.16 bits per heavy atom. The maximum absolute atomic E-state index is 12.2. The van der Waals surface area contributed by atoms with Gasteiger partial charge in [-0.15, -0.1) is 0 Å². The van der Waals surface area contributed by atoms with Gasteiger partial charge in [-0.25, -0.2) is 0 Å². The van der Waals surface area contributed by atoms with E-state index >= 15 is 0 Å². The average molecular weight is 305 g/mol. The molecule has 2 rings (SSSR count). The molecule has 0 unspecified atom stereocenters. The fourth-order valence-corrected chi connectivity index (χ4v) is 2.34. The van der Waals surface area contributed by atoms with Crippen LogP contribution >= 0.6 is 23.2 Å². The van der Waals surface area contributed by atoms with Crippen LogP contribution in [0, 0.1) is 10.1 Å². The molecule has 1 amide bonds. The SMILES string of the molecule is O=C(c1cc([N+](=O)[O-])cc(Cl)c1Cl)N1CC[C@H](O)C1. The van der Waals surface area contributed by atoms with E-state index < -0.39 is 16.9 Å². The topological polar surface area (TPSA) is 83.7 Å². The van der Waals surface area contributed by atoms with Crippen molar-refractivity contribution in [3.63, 3.8) is 0 Å². The molecule has 102 valence electrons. The van der Waals surface area contributed by atoms with Crippen LogP contribution in [-0.2, 0) is 0 Å². The zero-order valence-electron chi connectivity index (χ0n) is 9.68. The summed E-state index contributed by atoms with van der Waals surface area (Å²) in [7, 11) is 0. The number of nitrogens with zero attached hydrogens (tertiary/aromatic N) is 2. The fourth-order valence-electron chi connectivity index (χ4n) is 1.93. The molecule has 1 atom stereocenters. The standard InChI is InChI=1S/C11H10Cl2N2O4/c12-9-4-6(15(18)19)3-8(10(9)13)11(17)14-2-1-7(16)5-14/h3-4,7,16H,1-2,5H2/t7-/m0/s1. The van der Waals surface area contributed by atoms with Crippen LogP contribution in [0.2, 0.25) is 10.0 Å². The Balaban J connectivity index is 2.38. The molecule has 1 saturated heterocycles. The second-order valence-corrected chi connectivity index (χ2v) is 5.03. The second kappa shape index (κ2) is 5.32. The number of likely N-dealkylation sites (tertiary alicyclic amines) is 1. The number of β-amino-alcohol motifs (C(OH)–C–C–N with tert-alkyl or cyclic N) is 1. The number of hydrogen-bond acceptors (Lipinski definition) is 4. The number of halogens is 2. The molecule has 1 aliphatic rings. The number of non-ortho nitro benzene ring substituents is 1. The third kappa shape index (κ3) is 2.80. The van der Waals surface area contributed by atoms with Crippen molar-refractivity contribution in [3.05, 3.63) is 37.9 Å². The summed E-state index contributed by atoms with van der Waals surface area (Å²) in [5, 5.41) is 20.1. The van der Waals surface area contributed by atoms with Crippen molar-refractivity contribution in [3.8, 4) is 0 Å². The largest absolute Gasteiger partial charge is 0.391 e. The van der Waals surface area contributed by atoms with Gasteiger partial charge >= 0.3 is 0 Å². The normalized spacial score (nSPS) is 18.7. The van der Waals surface area contributed by atoms with Crippen molar-refractivity contribution in [2.24, 2.45) is 0 Å². The van der Waals surface area contributed by atoms with E-state index in [2.05, 4.69) is 0 Å². The van der Waals surface area contributed by atoms with Gasteiger partial charge in [0.15, 0.2) is 0 Å². The number of carbonyl (C=O) groups is 1. The van der Waals surface area contributed by atoms with Gasteiger partial charge in [-0.05, 0) is 6.42 Å². The van der Waals surface area contributed by atoms with E-state index in [1.807, 2.05) is 0 Å². The third-order valence-corrected chi connectivity index (χ3v) is 3.71. The minimum atomic E-state index is -0.641. The minimum absolute atomic E-state index is 0.0151. The van der Waals surface area contributed by atoms with Crippen molar-refractivity contribution in [1.82, 2.24) is 4.90 Å². The number of rotatable bonds is 2. The number of amides is 1. The number of aliphatic hydroxyl groups excluding tert-OH is 1. The first-order chi connectivity index (χ1) is 8.90. The zero-order valence-corrected chi connectivity index (χ0v) is 11.2.